The smallest absolute Gasteiger partial charge is 0.262 e. The average Bonchev–Trinajstić information content (AvgIpc) is 3.55. The number of hydrogen-bond donors (Lipinski definition) is 2. The number of anilines is 1. The predicted molar refractivity (Wildman–Crippen MR) is 133 cm³/mol. The van der Waals surface area contributed by atoms with E-state index < -0.39 is 15.9 Å². The molecule has 4 aromatic rings. The van der Waals surface area contributed by atoms with Gasteiger partial charge < -0.3 is 5.32 Å². The quantitative estimate of drug-likeness (QED) is 0.431. The van der Waals surface area contributed by atoms with Gasteiger partial charge in [-0.1, -0.05) is 24.3 Å². The second-order valence-corrected chi connectivity index (χ2v) is 9.62. The van der Waals surface area contributed by atoms with Crippen LogP contribution in [0.1, 0.15) is 23.2 Å². The number of amidine groups is 1. The Kier molecular flexibility index (Phi) is 6.11. The number of nitrogens with zero attached hydrogens (tertiary/aromatic N) is 4. The number of aromatic nitrogens is 3. The van der Waals surface area contributed by atoms with E-state index in [2.05, 4.69) is 25.1 Å². The van der Waals surface area contributed by atoms with Crippen molar-refractivity contribution in [2.75, 3.05) is 11.9 Å². The summed E-state index contributed by atoms with van der Waals surface area (Å²) in [5.74, 6) is 0.0302. The number of rotatable bonds is 6. The van der Waals surface area contributed by atoms with Crippen molar-refractivity contribution >= 4 is 27.5 Å². The topological polar surface area (TPSA) is 118 Å². The second kappa shape index (κ2) is 9.51. The highest BCUT2D eigenvalue weighted by atomic mass is 32.2. The Morgan fingerprint density at radius 3 is 2.60 bits per heavy atom. The summed E-state index contributed by atoms with van der Waals surface area (Å²) in [5.41, 5.74) is 2.62. The van der Waals surface area contributed by atoms with Crippen LogP contribution in [0, 0.1) is 0 Å². The van der Waals surface area contributed by atoms with E-state index >= 15 is 0 Å². The number of para-hydroxylation sites is 1. The Balaban J connectivity index is 1.45. The molecule has 5 rings (SSSR count). The average molecular weight is 487 g/mol. The van der Waals surface area contributed by atoms with Crippen LogP contribution in [-0.4, -0.2) is 41.5 Å². The van der Waals surface area contributed by atoms with E-state index in [0.717, 1.165) is 12.1 Å². The van der Waals surface area contributed by atoms with Crippen molar-refractivity contribution in [2.24, 2.45) is 4.99 Å². The van der Waals surface area contributed by atoms with Crippen molar-refractivity contribution in [1.82, 2.24) is 19.5 Å². The Morgan fingerprint density at radius 1 is 1.00 bits per heavy atom. The standard InChI is InChI=1S/C25H22N6O3S/c32-25(28-19-8-4-11-21(15-19)35(33,34)30-23-12-6-14-27-23)22-17-31(20-9-2-1-3-10-20)29-24(22)18-7-5-13-26-16-18/h1-5,7-11,13,15-17H,6,12,14H2,(H,27,30)(H,28,32). The molecular weight excluding hydrogens is 464 g/mol. The van der Waals surface area contributed by atoms with Gasteiger partial charge in [-0.25, -0.2) is 13.1 Å². The van der Waals surface area contributed by atoms with Crippen LogP contribution >= 0.6 is 0 Å². The van der Waals surface area contributed by atoms with Crippen molar-refractivity contribution < 1.29 is 13.2 Å². The van der Waals surface area contributed by atoms with Crippen LogP contribution < -0.4 is 10.0 Å². The Bertz CT molecular complexity index is 1500. The number of carbonyl (C=O) groups excluding carboxylic acids is 1. The van der Waals surface area contributed by atoms with E-state index in [1.807, 2.05) is 36.4 Å². The molecule has 1 aliphatic rings. The number of carbonyl (C=O) groups is 1. The van der Waals surface area contributed by atoms with Crippen molar-refractivity contribution in [2.45, 2.75) is 17.7 Å². The fourth-order valence-corrected chi connectivity index (χ4v) is 4.88. The summed E-state index contributed by atoms with van der Waals surface area (Å²) < 4.78 is 29.7. The lowest BCUT2D eigenvalue weighted by Crippen LogP contribution is -2.29. The molecule has 0 aliphatic carbocycles. The first-order valence-corrected chi connectivity index (χ1v) is 12.5. The highest BCUT2D eigenvalue weighted by molar-refractivity contribution is 7.90. The van der Waals surface area contributed by atoms with Crippen molar-refractivity contribution in [3.8, 4) is 16.9 Å². The number of nitrogens with one attached hydrogen (secondary N) is 2. The van der Waals surface area contributed by atoms with Gasteiger partial charge in [-0.3, -0.25) is 19.5 Å². The molecule has 9 nitrogen and oxygen atoms in total. The molecule has 0 radical (unpaired) electrons. The minimum absolute atomic E-state index is 0.0392. The number of hydrogen-bond acceptors (Lipinski definition) is 6. The van der Waals surface area contributed by atoms with E-state index in [4.69, 9.17) is 0 Å². The molecule has 0 saturated carbocycles. The van der Waals surface area contributed by atoms with Gasteiger partial charge in [0.15, 0.2) is 0 Å². The van der Waals surface area contributed by atoms with Gasteiger partial charge in [0.2, 0.25) is 0 Å². The van der Waals surface area contributed by atoms with E-state index in [1.165, 1.54) is 12.1 Å². The second-order valence-electron chi connectivity index (χ2n) is 7.93. The van der Waals surface area contributed by atoms with Gasteiger partial charge in [-0.05, 0) is 48.9 Å². The molecule has 0 fully saturated rings. The van der Waals surface area contributed by atoms with Gasteiger partial charge in [0, 0.05) is 42.8 Å². The Hall–Kier alpha value is -4.31. The molecule has 2 aromatic heterocycles. The van der Waals surface area contributed by atoms with Crippen LogP contribution in [0.15, 0.2) is 95.2 Å². The number of pyridine rings is 1. The molecule has 2 aromatic carbocycles. The lowest BCUT2D eigenvalue weighted by molar-refractivity contribution is 0.102. The van der Waals surface area contributed by atoms with Crippen LogP contribution in [-0.2, 0) is 10.0 Å². The zero-order valence-electron chi connectivity index (χ0n) is 18.6. The normalized spacial score (nSPS) is 13.3. The highest BCUT2D eigenvalue weighted by Crippen LogP contribution is 2.25. The molecule has 35 heavy (non-hydrogen) atoms. The first-order chi connectivity index (χ1) is 17.0. The molecular formula is C25H22N6O3S. The summed E-state index contributed by atoms with van der Waals surface area (Å²) in [6.07, 6.45) is 6.35. The molecule has 3 heterocycles. The largest absolute Gasteiger partial charge is 0.322 e. The SMILES string of the molecule is O=C(Nc1cccc(S(=O)(=O)NC2=NCCC2)c1)c1cn(-c2ccccc2)nc1-c1cccnc1. The fourth-order valence-electron chi connectivity index (χ4n) is 3.75. The van der Waals surface area contributed by atoms with Gasteiger partial charge in [-0.15, -0.1) is 0 Å². The van der Waals surface area contributed by atoms with E-state index in [-0.39, 0.29) is 4.90 Å². The van der Waals surface area contributed by atoms with Gasteiger partial charge >= 0.3 is 0 Å². The van der Waals surface area contributed by atoms with Gasteiger partial charge in [0.05, 0.1) is 16.1 Å². The van der Waals surface area contributed by atoms with E-state index in [0.29, 0.717) is 41.3 Å². The molecule has 0 bridgehead atoms. The molecule has 1 amide bonds. The minimum Gasteiger partial charge on any atom is -0.322 e. The van der Waals surface area contributed by atoms with Crippen molar-refractivity contribution in [3.05, 3.63) is 90.9 Å². The highest BCUT2D eigenvalue weighted by Gasteiger charge is 2.21. The van der Waals surface area contributed by atoms with Crippen molar-refractivity contribution in [1.29, 1.82) is 0 Å². The van der Waals surface area contributed by atoms with E-state index in [1.54, 1.807) is 41.5 Å². The predicted octanol–water partition coefficient (Wildman–Crippen LogP) is 3.66. The van der Waals surface area contributed by atoms with Crippen LogP contribution in [0.4, 0.5) is 5.69 Å². The van der Waals surface area contributed by atoms with Gasteiger partial charge in [-0.2, -0.15) is 5.10 Å². The minimum atomic E-state index is -3.81. The summed E-state index contributed by atoms with van der Waals surface area (Å²) >= 11 is 0. The molecule has 0 saturated heterocycles. The third-order valence-corrected chi connectivity index (χ3v) is 6.82. The molecule has 176 valence electrons. The number of aliphatic imine (C=N–C) groups is 1. The van der Waals surface area contributed by atoms with Crippen LogP contribution in [0.5, 0.6) is 0 Å². The summed E-state index contributed by atoms with van der Waals surface area (Å²) in [7, 11) is -3.81. The molecule has 0 unspecified atom stereocenters. The summed E-state index contributed by atoms with van der Waals surface area (Å²) in [4.78, 5) is 21.7. The van der Waals surface area contributed by atoms with Gasteiger partial charge in [0.25, 0.3) is 15.9 Å². The van der Waals surface area contributed by atoms with Crippen LogP contribution in [0.2, 0.25) is 0 Å². The molecule has 1 aliphatic heterocycles. The first-order valence-electron chi connectivity index (χ1n) is 11.0. The number of sulfonamides is 1. The number of benzene rings is 2. The lowest BCUT2D eigenvalue weighted by Gasteiger charge is -2.10. The van der Waals surface area contributed by atoms with E-state index in [9.17, 15) is 13.2 Å². The monoisotopic (exact) mass is 486 g/mol. The Morgan fingerprint density at radius 2 is 1.86 bits per heavy atom. The summed E-state index contributed by atoms with van der Waals surface area (Å²) in [5, 5.41) is 7.43. The van der Waals surface area contributed by atoms with Crippen LogP contribution in [0.25, 0.3) is 16.9 Å². The maximum atomic E-state index is 13.3. The lowest BCUT2D eigenvalue weighted by atomic mass is 10.1. The maximum Gasteiger partial charge on any atom is 0.262 e. The molecule has 0 spiro atoms. The Labute approximate surface area is 202 Å². The van der Waals surface area contributed by atoms with Crippen LogP contribution in [0.3, 0.4) is 0 Å². The summed E-state index contributed by atoms with van der Waals surface area (Å²) in [6, 6.07) is 19.2. The zero-order chi connectivity index (χ0) is 24.3. The third-order valence-electron chi connectivity index (χ3n) is 5.44. The zero-order valence-corrected chi connectivity index (χ0v) is 19.4. The molecule has 2 N–H and O–H groups in total. The maximum absolute atomic E-state index is 13.3. The molecule has 10 heteroatoms. The first kappa shape index (κ1) is 22.5. The summed E-state index contributed by atoms with van der Waals surface area (Å²) in [6.45, 7) is 0.615. The molecule has 0 atom stereocenters. The van der Waals surface area contributed by atoms with Gasteiger partial charge in [0.1, 0.15) is 11.5 Å². The number of amides is 1. The van der Waals surface area contributed by atoms with Crippen molar-refractivity contribution in [3.63, 3.8) is 0 Å². The fraction of sp³-hybridized carbons (Fsp3) is 0.120. The third kappa shape index (κ3) is 4.97.